The molecule has 0 aromatic heterocycles. The number of fused-ring (bicyclic) bond motifs is 2. The van der Waals surface area contributed by atoms with Gasteiger partial charge in [-0.1, -0.05) is 48.5 Å². The molecule has 308 valence electrons. The summed E-state index contributed by atoms with van der Waals surface area (Å²) in [4.78, 5) is 14.1. The zero-order chi connectivity index (χ0) is 40.6. The standard InChI is InChI=1S/C42H64N8O4S2/c1-33-21-25-47(7)30-32-50(28-24-44-56(53,54)42-20-12-14-36-38(42)16-10-18-40(36)46(5)6)34(2)22-26-48(8)29-31-49(33)27-23-43-55(51,52)41-19-11-13-35-37(41)15-9-17-39(35)45(3)4/h9-20,33-34,43-44H,21-32H2,1-8H3/t33-,34?/m0/s1. The largest absolute Gasteiger partial charge is 0.377 e. The van der Waals surface area contributed by atoms with E-state index in [1.165, 1.54) is 0 Å². The molecule has 1 aliphatic heterocycles. The van der Waals surface area contributed by atoms with Crippen LogP contribution < -0.4 is 19.2 Å². The average Bonchev–Trinajstić information content (AvgIpc) is 3.16. The molecular weight excluding hydrogens is 745 g/mol. The SMILES string of the molecule is CC1CCN(C)CCN(CCNS(=O)(=O)c2cccc3c(N(C)C)cccc23)[C@@H](C)CCN(C)CCN1CCNS(=O)(=O)c1cccc2c(N(C)C)cccc12. The van der Waals surface area contributed by atoms with Crippen LogP contribution >= 0.6 is 0 Å². The van der Waals surface area contributed by atoms with E-state index in [1.54, 1.807) is 12.1 Å². The topological polar surface area (TPSA) is 112 Å². The lowest BCUT2D eigenvalue weighted by Gasteiger charge is -2.35. The number of sulfonamides is 2. The minimum absolute atomic E-state index is 0.255. The highest BCUT2D eigenvalue weighted by molar-refractivity contribution is 7.90. The van der Waals surface area contributed by atoms with Crippen LogP contribution in [0.5, 0.6) is 0 Å². The number of hydrogen-bond donors (Lipinski definition) is 2. The third-order valence-corrected chi connectivity index (χ3v) is 14.3. The maximum absolute atomic E-state index is 13.6. The molecule has 14 heteroatoms. The number of benzene rings is 4. The van der Waals surface area contributed by atoms with Crippen LogP contribution in [0.4, 0.5) is 11.4 Å². The highest BCUT2D eigenvalue weighted by atomic mass is 32.2. The predicted molar refractivity (Wildman–Crippen MR) is 233 cm³/mol. The van der Waals surface area contributed by atoms with E-state index >= 15 is 0 Å². The van der Waals surface area contributed by atoms with Crippen LogP contribution in [0.15, 0.2) is 82.6 Å². The van der Waals surface area contributed by atoms with Crippen molar-refractivity contribution in [2.45, 2.75) is 48.6 Å². The fourth-order valence-electron chi connectivity index (χ4n) is 7.69. The van der Waals surface area contributed by atoms with Crippen molar-refractivity contribution in [3.05, 3.63) is 72.8 Å². The molecular formula is C42H64N8O4S2. The number of hydrogen-bond acceptors (Lipinski definition) is 10. The summed E-state index contributed by atoms with van der Waals surface area (Å²) in [5.74, 6) is 0. The molecule has 0 spiro atoms. The van der Waals surface area contributed by atoms with Crippen molar-refractivity contribution >= 4 is 53.0 Å². The normalized spacial score (nSPS) is 19.6. The Morgan fingerprint density at radius 3 is 1.27 bits per heavy atom. The van der Waals surface area contributed by atoms with Crippen molar-refractivity contribution in [2.24, 2.45) is 0 Å². The summed E-state index contributed by atoms with van der Waals surface area (Å²) in [6.45, 7) is 11.5. The first kappa shape index (κ1) is 43.8. The molecule has 1 saturated heterocycles. The maximum atomic E-state index is 13.6. The molecule has 2 N–H and O–H groups in total. The molecule has 1 heterocycles. The lowest BCUT2D eigenvalue weighted by molar-refractivity contribution is 0.132. The Hall–Kier alpha value is -3.34. The molecule has 1 aliphatic rings. The van der Waals surface area contributed by atoms with Gasteiger partial charge < -0.3 is 19.6 Å². The van der Waals surface area contributed by atoms with Gasteiger partial charge in [0.1, 0.15) is 0 Å². The summed E-state index contributed by atoms with van der Waals surface area (Å²) in [6.07, 6.45) is 1.89. The number of nitrogens with one attached hydrogen (secondary N) is 2. The van der Waals surface area contributed by atoms with Crippen LogP contribution in [0, 0.1) is 0 Å². The van der Waals surface area contributed by atoms with Crippen LogP contribution in [0.2, 0.25) is 0 Å². The first-order valence-electron chi connectivity index (χ1n) is 19.8. The van der Waals surface area contributed by atoms with Gasteiger partial charge in [-0.3, -0.25) is 9.80 Å². The molecule has 4 aromatic rings. The zero-order valence-electron chi connectivity index (χ0n) is 34.7. The quantitative estimate of drug-likeness (QED) is 0.214. The summed E-state index contributed by atoms with van der Waals surface area (Å²) >= 11 is 0. The molecule has 0 amide bonds. The number of nitrogens with zero attached hydrogens (tertiary/aromatic N) is 6. The van der Waals surface area contributed by atoms with Gasteiger partial charge in [-0.25, -0.2) is 26.3 Å². The first-order chi connectivity index (χ1) is 26.6. The van der Waals surface area contributed by atoms with E-state index in [-0.39, 0.29) is 12.1 Å². The van der Waals surface area contributed by atoms with Crippen molar-refractivity contribution in [2.75, 3.05) is 118 Å². The fourth-order valence-corrected chi connectivity index (χ4v) is 10.2. The second-order valence-electron chi connectivity index (χ2n) is 15.8. The Kier molecular flexibility index (Phi) is 15.2. The average molecular weight is 809 g/mol. The number of anilines is 2. The smallest absolute Gasteiger partial charge is 0.241 e. The Labute approximate surface area is 336 Å². The minimum Gasteiger partial charge on any atom is -0.377 e. The summed E-state index contributed by atoms with van der Waals surface area (Å²) in [6, 6.07) is 23.0. The summed E-state index contributed by atoms with van der Waals surface area (Å²) < 4.78 is 60.4. The van der Waals surface area contributed by atoms with Crippen LogP contribution in [0.1, 0.15) is 26.7 Å². The second kappa shape index (κ2) is 19.4. The number of likely N-dealkylation sites (N-methyl/N-ethyl adjacent to an activating group) is 2. The van der Waals surface area contributed by atoms with Crippen LogP contribution in [-0.4, -0.2) is 156 Å². The third-order valence-electron chi connectivity index (χ3n) is 11.3. The number of rotatable bonds is 12. The summed E-state index contributed by atoms with van der Waals surface area (Å²) in [5, 5.41) is 3.26. The van der Waals surface area contributed by atoms with Gasteiger partial charge in [0.05, 0.1) is 9.79 Å². The Bertz CT molecular complexity index is 1980. The van der Waals surface area contributed by atoms with Crippen LogP contribution in [0.3, 0.4) is 0 Å². The van der Waals surface area contributed by atoms with Gasteiger partial charge in [0, 0.05) is 126 Å². The van der Waals surface area contributed by atoms with Crippen molar-refractivity contribution < 1.29 is 16.8 Å². The van der Waals surface area contributed by atoms with E-state index in [1.807, 2.05) is 98.7 Å². The molecule has 0 saturated carbocycles. The molecule has 56 heavy (non-hydrogen) atoms. The van der Waals surface area contributed by atoms with Crippen molar-refractivity contribution in [3.63, 3.8) is 0 Å². The van der Waals surface area contributed by atoms with Gasteiger partial charge in [0.25, 0.3) is 0 Å². The van der Waals surface area contributed by atoms with Gasteiger partial charge >= 0.3 is 0 Å². The van der Waals surface area contributed by atoms with Gasteiger partial charge in [0.15, 0.2) is 0 Å². The van der Waals surface area contributed by atoms with Gasteiger partial charge in [-0.05, 0) is 78.1 Å². The second-order valence-corrected chi connectivity index (χ2v) is 19.3. The maximum Gasteiger partial charge on any atom is 0.241 e. The Balaban J connectivity index is 1.18. The van der Waals surface area contributed by atoms with Crippen LogP contribution in [0.25, 0.3) is 21.5 Å². The Morgan fingerprint density at radius 1 is 0.536 bits per heavy atom. The zero-order valence-corrected chi connectivity index (χ0v) is 36.3. The summed E-state index contributed by atoms with van der Waals surface area (Å²) in [5.41, 5.74) is 1.96. The van der Waals surface area contributed by atoms with Gasteiger partial charge in [-0.2, -0.15) is 0 Å². The molecule has 0 radical (unpaired) electrons. The Morgan fingerprint density at radius 2 is 0.893 bits per heavy atom. The lowest BCUT2D eigenvalue weighted by Crippen LogP contribution is -2.47. The summed E-state index contributed by atoms with van der Waals surface area (Å²) in [7, 11) is 4.69. The highest BCUT2D eigenvalue weighted by Gasteiger charge is 2.23. The van der Waals surface area contributed by atoms with Crippen LogP contribution in [-0.2, 0) is 20.0 Å². The van der Waals surface area contributed by atoms with E-state index in [4.69, 9.17) is 0 Å². The molecule has 0 aliphatic carbocycles. The first-order valence-corrected chi connectivity index (χ1v) is 22.8. The van der Waals surface area contributed by atoms with Gasteiger partial charge in [0.2, 0.25) is 20.0 Å². The monoisotopic (exact) mass is 808 g/mol. The molecule has 2 atom stereocenters. The van der Waals surface area contributed by atoms with Crippen molar-refractivity contribution in [1.29, 1.82) is 0 Å². The highest BCUT2D eigenvalue weighted by Crippen LogP contribution is 2.31. The van der Waals surface area contributed by atoms with E-state index in [0.29, 0.717) is 36.0 Å². The van der Waals surface area contributed by atoms with Crippen molar-refractivity contribution in [3.8, 4) is 0 Å². The molecule has 1 fully saturated rings. The molecule has 5 rings (SSSR count). The minimum atomic E-state index is -3.73. The third kappa shape index (κ3) is 11.0. The molecule has 12 nitrogen and oxygen atoms in total. The molecule has 4 aromatic carbocycles. The van der Waals surface area contributed by atoms with E-state index in [2.05, 4.69) is 57.0 Å². The van der Waals surface area contributed by atoms with E-state index in [9.17, 15) is 16.8 Å². The fraction of sp³-hybridized carbons (Fsp3) is 0.524. The van der Waals surface area contributed by atoms with Crippen molar-refractivity contribution in [1.82, 2.24) is 29.0 Å². The predicted octanol–water partition coefficient (Wildman–Crippen LogP) is 4.42. The van der Waals surface area contributed by atoms with E-state index in [0.717, 1.165) is 85.0 Å². The van der Waals surface area contributed by atoms with Gasteiger partial charge in [-0.15, -0.1) is 0 Å². The molecule has 0 bridgehead atoms. The lowest BCUT2D eigenvalue weighted by atomic mass is 10.1. The molecule has 1 unspecified atom stereocenters. The van der Waals surface area contributed by atoms with E-state index < -0.39 is 20.0 Å².